The van der Waals surface area contributed by atoms with E-state index in [0.717, 1.165) is 11.1 Å². The number of aliphatic hydroxyl groups excluding tert-OH is 1. The molecule has 1 aliphatic rings. The number of hydrogen-bond acceptors (Lipinski definition) is 3. The third-order valence-corrected chi connectivity index (χ3v) is 2.82. The lowest BCUT2D eigenvalue weighted by Crippen LogP contribution is -2.23. The van der Waals surface area contributed by atoms with Crippen LogP contribution in [0.5, 0.6) is 0 Å². The van der Waals surface area contributed by atoms with Crippen molar-refractivity contribution in [2.75, 3.05) is 0 Å². The highest BCUT2D eigenvalue weighted by Gasteiger charge is 2.34. The van der Waals surface area contributed by atoms with Gasteiger partial charge in [-0.2, -0.15) is 0 Å². The first-order valence-electron chi connectivity index (χ1n) is 4.51. The fourth-order valence-electron chi connectivity index (χ4n) is 1.85. The zero-order valence-corrected chi connectivity index (χ0v) is 8.57. The number of fused-ring (bicyclic) bond motifs is 1. The summed E-state index contributed by atoms with van der Waals surface area (Å²) in [7, 11) is 0. The van der Waals surface area contributed by atoms with E-state index in [0.29, 0.717) is 11.4 Å². The minimum Gasteiger partial charge on any atom is -0.439 e. The van der Waals surface area contributed by atoms with Crippen LogP contribution in [0, 0.1) is 0 Å². The first-order chi connectivity index (χ1) is 7.09. The van der Waals surface area contributed by atoms with Gasteiger partial charge in [-0.3, -0.25) is 0 Å². The van der Waals surface area contributed by atoms with E-state index in [1.165, 1.54) is 0 Å². The number of carbonyl (C=O) groups excluding carboxylic acids is 1. The zero-order valence-electron chi connectivity index (χ0n) is 7.81. The van der Waals surface area contributed by atoms with Crippen LogP contribution in [0.1, 0.15) is 17.2 Å². The Bertz CT molecular complexity index is 408. The molecule has 1 aliphatic carbocycles. The van der Waals surface area contributed by atoms with Gasteiger partial charge in [-0.05, 0) is 17.2 Å². The Morgan fingerprint density at radius 2 is 2.33 bits per heavy atom. The highest BCUT2D eigenvalue weighted by Crippen LogP contribution is 2.37. The van der Waals surface area contributed by atoms with Gasteiger partial charge in [0.25, 0.3) is 0 Å². The van der Waals surface area contributed by atoms with Gasteiger partial charge < -0.3 is 15.6 Å². The lowest BCUT2D eigenvalue weighted by molar-refractivity contribution is 0.0169. The SMILES string of the molecule is NC(=O)O[C@H]1c2cccc(Cl)c2C[C@H]1O. The first kappa shape index (κ1) is 10.3. The smallest absolute Gasteiger partial charge is 0.405 e. The van der Waals surface area contributed by atoms with E-state index in [9.17, 15) is 9.90 Å². The van der Waals surface area contributed by atoms with Crippen molar-refractivity contribution in [2.45, 2.75) is 18.6 Å². The van der Waals surface area contributed by atoms with Crippen LogP contribution in [-0.4, -0.2) is 17.3 Å². The maximum Gasteiger partial charge on any atom is 0.405 e. The standard InChI is InChI=1S/C10H10ClNO3/c11-7-3-1-2-5-6(7)4-8(13)9(5)15-10(12)14/h1-3,8-9,13H,4H2,(H2,12,14)/t8-,9+/m1/s1. The molecule has 1 amide bonds. The molecule has 0 aliphatic heterocycles. The Balaban J connectivity index is 2.37. The molecular weight excluding hydrogens is 218 g/mol. The molecule has 0 saturated heterocycles. The van der Waals surface area contributed by atoms with E-state index >= 15 is 0 Å². The van der Waals surface area contributed by atoms with Gasteiger partial charge in [0.1, 0.15) is 0 Å². The molecule has 0 unspecified atom stereocenters. The number of benzene rings is 1. The Hall–Kier alpha value is -1.26. The first-order valence-corrected chi connectivity index (χ1v) is 4.89. The number of nitrogens with two attached hydrogens (primary N) is 1. The van der Waals surface area contributed by atoms with Gasteiger partial charge in [0.15, 0.2) is 6.10 Å². The molecule has 2 rings (SSSR count). The molecule has 0 saturated carbocycles. The van der Waals surface area contributed by atoms with Gasteiger partial charge >= 0.3 is 6.09 Å². The third kappa shape index (κ3) is 1.78. The Kier molecular flexibility index (Phi) is 2.54. The lowest BCUT2D eigenvalue weighted by Gasteiger charge is -2.14. The quantitative estimate of drug-likeness (QED) is 0.762. The van der Waals surface area contributed by atoms with Crippen molar-refractivity contribution in [3.05, 3.63) is 34.3 Å². The summed E-state index contributed by atoms with van der Waals surface area (Å²) in [6.07, 6.45) is -1.98. The molecule has 0 spiro atoms. The molecule has 0 bridgehead atoms. The summed E-state index contributed by atoms with van der Waals surface area (Å²) < 4.78 is 4.84. The highest BCUT2D eigenvalue weighted by molar-refractivity contribution is 6.31. The largest absolute Gasteiger partial charge is 0.439 e. The van der Waals surface area contributed by atoms with Crippen LogP contribution in [0.15, 0.2) is 18.2 Å². The van der Waals surface area contributed by atoms with Gasteiger partial charge in [0.05, 0.1) is 6.10 Å². The van der Waals surface area contributed by atoms with Gasteiger partial charge in [0, 0.05) is 11.4 Å². The van der Waals surface area contributed by atoms with Gasteiger partial charge in [0.2, 0.25) is 0 Å². The topological polar surface area (TPSA) is 72.6 Å². The maximum atomic E-state index is 10.7. The lowest BCUT2D eigenvalue weighted by atomic mass is 10.1. The number of ether oxygens (including phenoxy) is 1. The molecule has 0 heterocycles. The van der Waals surface area contributed by atoms with Gasteiger partial charge in [-0.1, -0.05) is 23.7 Å². The van der Waals surface area contributed by atoms with E-state index in [4.69, 9.17) is 22.1 Å². The van der Waals surface area contributed by atoms with Gasteiger partial charge in [-0.25, -0.2) is 4.79 Å². The van der Waals surface area contributed by atoms with Crippen molar-refractivity contribution in [1.82, 2.24) is 0 Å². The fraction of sp³-hybridized carbons (Fsp3) is 0.300. The second kappa shape index (κ2) is 3.72. The Morgan fingerprint density at radius 3 is 3.00 bits per heavy atom. The van der Waals surface area contributed by atoms with Crippen molar-refractivity contribution in [3.63, 3.8) is 0 Å². The molecule has 80 valence electrons. The molecule has 1 aromatic carbocycles. The number of rotatable bonds is 1. The van der Waals surface area contributed by atoms with E-state index in [2.05, 4.69) is 0 Å². The molecule has 5 heteroatoms. The Morgan fingerprint density at radius 1 is 1.60 bits per heavy atom. The van der Waals surface area contributed by atoms with Gasteiger partial charge in [-0.15, -0.1) is 0 Å². The van der Waals surface area contributed by atoms with Crippen molar-refractivity contribution in [1.29, 1.82) is 0 Å². The van der Waals surface area contributed by atoms with Crippen LogP contribution >= 0.6 is 11.6 Å². The third-order valence-electron chi connectivity index (χ3n) is 2.47. The summed E-state index contributed by atoms with van der Waals surface area (Å²) in [6.45, 7) is 0. The normalized spacial score (nSPS) is 23.6. The maximum absolute atomic E-state index is 10.7. The monoisotopic (exact) mass is 227 g/mol. The minimum absolute atomic E-state index is 0.382. The molecule has 2 atom stereocenters. The summed E-state index contributed by atoms with van der Waals surface area (Å²) in [5, 5.41) is 10.3. The van der Waals surface area contributed by atoms with Crippen molar-refractivity contribution < 1.29 is 14.6 Å². The van der Waals surface area contributed by atoms with E-state index < -0.39 is 18.3 Å². The van der Waals surface area contributed by atoms with E-state index in [-0.39, 0.29) is 0 Å². The summed E-state index contributed by atoms with van der Waals surface area (Å²) >= 11 is 5.95. The number of aliphatic hydroxyl groups is 1. The number of amides is 1. The molecule has 0 radical (unpaired) electrons. The molecule has 4 nitrogen and oxygen atoms in total. The van der Waals surface area contributed by atoms with Crippen LogP contribution in [0.3, 0.4) is 0 Å². The molecule has 0 fully saturated rings. The highest BCUT2D eigenvalue weighted by atomic mass is 35.5. The van der Waals surface area contributed by atoms with Crippen LogP contribution < -0.4 is 5.73 Å². The van der Waals surface area contributed by atoms with Crippen LogP contribution in [0.2, 0.25) is 5.02 Å². The summed E-state index contributed by atoms with van der Waals surface area (Å²) in [4.78, 5) is 10.7. The van der Waals surface area contributed by atoms with Crippen LogP contribution in [0.25, 0.3) is 0 Å². The summed E-state index contributed by atoms with van der Waals surface area (Å²) in [5.41, 5.74) is 6.47. The number of hydrogen-bond donors (Lipinski definition) is 2. The van der Waals surface area contributed by atoms with Crippen LogP contribution in [-0.2, 0) is 11.2 Å². The van der Waals surface area contributed by atoms with E-state index in [1.807, 2.05) is 0 Å². The second-order valence-corrected chi connectivity index (χ2v) is 3.84. The van der Waals surface area contributed by atoms with Crippen molar-refractivity contribution in [2.24, 2.45) is 5.73 Å². The Labute approximate surface area is 91.6 Å². The predicted molar refractivity (Wildman–Crippen MR) is 54.6 cm³/mol. The zero-order chi connectivity index (χ0) is 11.0. The minimum atomic E-state index is -0.896. The summed E-state index contributed by atoms with van der Waals surface area (Å²) in [5.74, 6) is 0. The predicted octanol–water partition coefficient (Wildman–Crippen LogP) is 1.39. The number of primary amides is 1. The molecule has 1 aromatic rings. The number of halogens is 1. The summed E-state index contributed by atoms with van der Waals surface area (Å²) in [6, 6.07) is 5.25. The fourth-order valence-corrected chi connectivity index (χ4v) is 2.11. The molecule has 15 heavy (non-hydrogen) atoms. The van der Waals surface area contributed by atoms with Crippen molar-refractivity contribution >= 4 is 17.7 Å². The second-order valence-electron chi connectivity index (χ2n) is 3.44. The molecular formula is C10H10ClNO3. The van der Waals surface area contributed by atoms with E-state index in [1.54, 1.807) is 18.2 Å². The molecule has 0 aromatic heterocycles. The van der Waals surface area contributed by atoms with Crippen molar-refractivity contribution in [3.8, 4) is 0 Å². The molecule has 3 N–H and O–H groups in total. The average molecular weight is 228 g/mol. The average Bonchev–Trinajstić information content (AvgIpc) is 2.45. The van der Waals surface area contributed by atoms with Crippen LogP contribution in [0.4, 0.5) is 4.79 Å². The number of carbonyl (C=O) groups is 1.